The van der Waals surface area contributed by atoms with E-state index in [1.807, 2.05) is 12.1 Å². The van der Waals surface area contributed by atoms with Gasteiger partial charge in [0.25, 0.3) is 0 Å². The molecule has 3 nitrogen and oxygen atoms in total. The van der Waals surface area contributed by atoms with Crippen molar-refractivity contribution in [1.29, 1.82) is 0 Å². The zero-order chi connectivity index (χ0) is 11.3. The molecule has 0 spiro atoms. The van der Waals surface area contributed by atoms with Crippen LogP contribution in [0.3, 0.4) is 0 Å². The number of nitrogens with two attached hydrogens (primary N) is 1. The van der Waals surface area contributed by atoms with Crippen molar-refractivity contribution in [2.75, 3.05) is 17.3 Å². The summed E-state index contributed by atoms with van der Waals surface area (Å²) in [6, 6.07) is 4.18. The number of anilines is 1. The maximum atomic E-state index is 5.48. The van der Waals surface area contributed by atoms with Gasteiger partial charge in [0.05, 0.1) is 0 Å². The molecule has 1 aromatic rings. The van der Waals surface area contributed by atoms with Crippen LogP contribution in [0.25, 0.3) is 0 Å². The smallest absolute Gasteiger partial charge is 0.126 e. The second kappa shape index (κ2) is 5.92. The number of pyridine rings is 1. The van der Waals surface area contributed by atoms with E-state index in [1.54, 1.807) is 18.0 Å². The van der Waals surface area contributed by atoms with Gasteiger partial charge in [0.1, 0.15) is 10.8 Å². The molecule has 0 radical (unpaired) electrons. The van der Waals surface area contributed by atoms with E-state index >= 15 is 0 Å². The van der Waals surface area contributed by atoms with Crippen LogP contribution in [0.2, 0.25) is 0 Å². The minimum Gasteiger partial charge on any atom is -0.389 e. The minimum atomic E-state index is 0.381. The summed E-state index contributed by atoms with van der Waals surface area (Å²) >= 11 is 6.65. The summed E-state index contributed by atoms with van der Waals surface area (Å²) in [7, 11) is 0. The molecule has 3 N–H and O–H groups in total. The maximum absolute atomic E-state index is 5.48. The maximum Gasteiger partial charge on any atom is 0.126 e. The predicted molar refractivity (Wildman–Crippen MR) is 71.6 cm³/mol. The molecule has 0 saturated heterocycles. The van der Waals surface area contributed by atoms with Gasteiger partial charge in [0, 0.05) is 23.6 Å². The van der Waals surface area contributed by atoms with Gasteiger partial charge in [-0.1, -0.05) is 12.2 Å². The molecule has 0 aliphatic rings. The first-order chi connectivity index (χ1) is 7.13. The molecule has 0 aromatic carbocycles. The van der Waals surface area contributed by atoms with Crippen molar-refractivity contribution in [2.45, 2.75) is 13.0 Å². The van der Waals surface area contributed by atoms with Crippen LogP contribution in [0.4, 0.5) is 5.82 Å². The lowest BCUT2D eigenvalue weighted by atomic mass is 10.3. The van der Waals surface area contributed by atoms with Crippen molar-refractivity contribution in [1.82, 2.24) is 4.98 Å². The Morgan fingerprint density at radius 3 is 2.87 bits per heavy atom. The third-order valence-corrected chi connectivity index (χ3v) is 2.93. The fraction of sp³-hybridized carbons (Fsp3) is 0.400. The number of thiocarbonyl (C=S) groups is 1. The Balaban J connectivity index is 2.60. The number of thioether (sulfide) groups is 1. The van der Waals surface area contributed by atoms with Crippen LogP contribution < -0.4 is 11.1 Å². The van der Waals surface area contributed by atoms with Gasteiger partial charge >= 0.3 is 0 Å². The molecule has 1 heterocycles. The minimum absolute atomic E-state index is 0.381. The van der Waals surface area contributed by atoms with Crippen molar-refractivity contribution in [3.8, 4) is 0 Å². The quantitative estimate of drug-likeness (QED) is 0.771. The molecule has 0 saturated carbocycles. The molecule has 0 fully saturated rings. The molecule has 0 amide bonds. The summed E-state index contributed by atoms with van der Waals surface area (Å²) in [5, 5.41) is 3.29. The molecule has 1 unspecified atom stereocenters. The molecule has 0 bridgehead atoms. The summed E-state index contributed by atoms with van der Waals surface area (Å²) in [5.74, 6) is 1.91. The Hall–Kier alpha value is -0.810. The molecule has 0 aliphatic carbocycles. The second-order valence-corrected chi connectivity index (χ2v) is 4.65. The van der Waals surface area contributed by atoms with Crippen LogP contribution in [-0.2, 0) is 0 Å². The van der Waals surface area contributed by atoms with Crippen LogP contribution in [-0.4, -0.2) is 28.0 Å². The van der Waals surface area contributed by atoms with E-state index < -0.39 is 0 Å². The Labute approximate surface area is 99.8 Å². The fourth-order valence-corrected chi connectivity index (χ4v) is 1.87. The van der Waals surface area contributed by atoms with E-state index in [2.05, 4.69) is 23.5 Å². The molecule has 1 aromatic heterocycles. The standard InChI is InChI=1S/C10H15N3S2/c1-7(6-15-2)13-9-4-3-8(5-12-9)10(11)14/h3-5,7H,6H2,1-2H3,(H2,11,14)(H,12,13). The third-order valence-electron chi connectivity index (χ3n) is 1.86. The number of hydrogen-bond acceptors (Lipinski definition) is 4. The monoisotopic (exact) mass is 241 g/mol. The van der Waals surface area contributed by atoms with Crippen LogP contribution >= 0.6 is 24.0 Å². The van der Waals surface area contributed by atoms with Gasteiger partial charge in [-0.05, 0) is 25.3 Å². The number of hydrogen-bond donors (Lipinski definition) is 2. The largest absolute Gasteiger partial charge is 0.389 e. The molecule has 82 valence electrons. The van der Waals surface area contributed by atoms with Crippen molar-refractivity contribution < 1.29 is 0 Å². The van der Waals surface area contributed by atoms with Gasteiger partial charge in [0.15, 0.2) is 0 Å². The summed E-state index contributed by atoms with van der Waals surface area (Å²) in [6.07, 6.45) is 3.78. The number of nitrogens with one attached hydrogen (secondary N) is 1. The van der Waals surface area contributed by atoms with Crippen molar-refractivity contribution in [3.05, 3.63) is 23.9 Å². The molecule has 1 rings (SSSR count). The molecule has 15 heavy (non-hydrogen) atoms. The highest BCUT2D eigenvalue weighted by Crippen LogP contribution is 2.08. The Kier molecular flexibility index (Phi) is 4.84. The van der Waals surface area contributed by atoms with Gasteiger partial charge in [-0.3, -0.25) is 0 Å². The summed E-state index contributed by atoms with van der Waals surface area (Å²) in [4.78, 5) is 4.62. The highest BCUT2D eigenvalue weighted by atomic mass is 32.2. The lowest BCUT2D eigenvalue weighted by Crippen LogP contribution is -2.18. The molecule has 5 heteroatoms. The number of rotatable bonds is 5. The number of aromatic nitrogens is 1. The molecular weight excluding hydrogens is 226 g/mol. The summed E-state index contributed by atoms with van der Waals surface area (Å²) in [6.45, 7) is 2.12. The van der Waals surface area contributed by atoms with Crippen molar-refractivity contribution in [2.24, 2.45) is 5.73 Å². The SMILES string of the molecule is CSCC(C)Nc1ccc(C(N)=S)cn1. The number of nitrogens with zero attached hydrogens (tertiary/aromatic N) is 1. The normalized spacial score (nSPS) is 12.1. The van der Waals surface area contributed by atoms with Crippen molar-refractivity contribution >= 4 is 34.8 Å². The highest BCUT2D eigenvalue weighted by molar-refractivity contribution is 7.98. The van der Waals surface area contributed by atoms with Crippen molar-refractivity contribution in [3.63, 3.8) is 0 Å². The summed E-state index contributed by atoms with van der Waals surface area (Å²) in [5.41, 5.74) is 6.28. The lowest BCUT2D eigenvalue weighted by molar-refractivity contribution is 0.903. The van der Waals surface area contributed by atoms with Crippen LogP contribution in [0, 0.1) is 0 Å². The highest BCUT2D eigenvalue weighted by Gasteiger charge is 2.02. The van der Waals surface area contributed by atoms with Crippen LogP contribution in [0.1, 0.15) is 12.5 Å². The van der Waals surface area contributed by atoms with E-state index in [0.29, 0.717) is 11.0 Å². The van der Waals surface area contributed by atoms with Crippen LogP contribution in [0.15, 0.2) is 18.3 Å². The second-order valence-electron chi connectivity index (χ2n) is 3.30. The molecule has 0 aliphatic heterocycles. The zero-order valence-electron chi connectivity index (χ0n) is 8.86. The third kappa shape index (κ3) is 4.05. The van der Waals surface area contributed by atoms with Crippen LogP contribution in [0.5, 0.6) is 0 Å². The van der Waals surface area contributed by atoms with Gasteiger partial charge in [-0.15, -0.1) is 0 Å². The molecular formula is C10H15N3S2. The average Bonchev–Trinajstić information content (AvgIpc) is 2.18. The Morgan fingerprint density at radius 1 is 1.67 bits per heavy atom. The Morgan fingerprint density at radius 2 is 2.40 bits per heavy atom. The first-order valence-electron chi connectivity index (χ1n) is 4.65. The molecule has 1 atom stereocenters. The van der Waals surface area contributed by atoms with E-state index in [0.717, 1.165) is 17.1 Å². The average molecular weight is 241 g/mol. The first kappa shape index (κ1) is 12.3. The van der Waals surface area contributed by atoms with Gasteiger partial charge in [0.2, 0.25) is 0 Å². The lowest BCUT2D eigenvalue weighted by Gasteiger charge is -2.12. The van der Waals surface area contributed by atoms with E-state index in [1.165, 1.54) is 0 Å². The first-order valence-corrected chi connectivity index (χ1v) is 6.45. The van der Waals surface area contributed by atoms with E-state index in [4.69, 9.17) is 18.0 Å². The van der Waals surface area contributed by atoms with Gasteiger partial charge < -0.3 is 11.1 Å². The topological polar surface area (TPSA) is 50.9 Å². The fourth-order valence-electron chi connectivity index (χ4n) is 1.17. The summed E-state index contributed by atoms with van der Waals surface area (Å²) < 4.78 is 0. The predicted octanol–water partition coefficient (Wildman–Crippen LogP) is 1.88. The van der Waals surface area contributed by atoms with Gasteiger partial charge in [-0.25, -0.2) is 4.98 Å². The van der Waals surface area contributed by atoms with E-state index in [-0.39, 0.29) is 0 Å². The van der Waals surface area contributed by atoms with E-state index in [9.17, 15) is 0 Å². The zero-order valence-corrected chi connectivity index (χ0v) is 10.5. The van der Waals surface area contributed by atoms with Gasteiger partial charge in [-0.2, -0.15) is 11.8 Å². The Bertz CT molecular complexity index is 324.